The molecule has 0 radical (unpaired) electrons. The molecule has 0 bridgehead atoms. The van der Waals surface area contributed by atoms with E-state index in [9.17, 15) is 4.79 Å². The number of para-hydroxylation sites is 1. The summed E-state index contributed by atoms with van der Waals surface area (Å²) in [7, 11) is 0. The van der Waals surface area contributed by atoms with Crippen molar-refractivity contribution in [3.63, 3.8) is 0 Å². The Morgan fingerprint density at radius 1 is 1.09 bits per heavy atom. The van der Waals surface area contributed by atoms with Crippen LogP contribution in [-0.4, -0.2) is 12.0 Å². The van der Waals surface area contributed by atoms with Crippen LogP contribution in [0.15, 0.2) is 36.4 Å². The Hall–Kier alpha value is -2.49. The van der Waals surface area contributed by atoms with Crippen LogP contribution in [0.5, 0.6) is 5.75 Å². The summed E-state index contributed by atoms with van der Waals surface area (Å²) in [5, 5.41) is 2.87. The average molecular weight is 298 g/mol. The van der Waals surface area contributed by atoms with Crippen LogP contribution >= 0.6 is 0 Å². The number of rotatable bonds is 4. The molecule has 4 nitrogen and oxygen atoms in total. The van der Waals surface area contributed by atoms with E-state index in [2.05, 4.69) is 5.32 Å². The van der Waals surface area contributed by atoms with Crippen molar-refractivity contribution in [3.8, 4) is 5.75 Å². The first-order chi connectivity index (χ1) is 10.4. The zero-order valence-corrected chi connectivity index (χ0v) is 13.4. The van der Waals surface area contributed by atoms with Gasteiger partial charge in [-0.25, -0.2) is 0 Å². The highest BCUT2D eigenvalue weighted by Crippen LogP contribution is 2.24. The lowest BCUT2D eigenvalue weighted by Crippen LogP contribution is -2.30. The number of ether oxygens (including phenoxy) is 1. The average Bonchev–Trinajstić information content (AvgIpc) is 2.47. The van der Waals surface area contributed by atoms with E-state index < -0.39 is 6.10 Å². The summed E-state index contributed by atoms with van der Waals surface area (Å²) in [6.07, 6.45) is -0.597. The number of benzene rings is 2. The molecule has 0 aliphatic rings. The number of hydrogen-bond donors (Lipinski definition) is 2. The Labute approximate surface area is 131 Å². The summed E-state index contributed by atoms with van der Waals surface area (Å²) in [6.45, 7) is 7.55. The second-order valence-electron chi connectivity index (χ2n) is 5.49. The van der Waals surface area contributed by atoms with Crippen molar-refractivity contribution < 1.29 is 9.53 Å². The lowest BCUT2D eigenvalue weighted by molar-refractivity contribution is -0.122. The lowest BCUT2D eigenvalue weighted by atomic mass is 10.1. The molecule has 0 aliphatic carbocycles. The largest absolute Gasteiger partial charge is 0.480 e. The zero-order valence-electron chi connectivity index (χ0n) is 13.4. The van der Waals surface area contributed by atoms with Gasteiger partial charge in [-0.1, -0.05) is 24.3 Å². The third-order valence-corrected chi connectivity index (χ3v) is 3.71. The van der Waals surface area contributed by atoms with Gasteiger partial charge in [-0.2, -0.15) is 0 Å². The van der Waals surface area contributed by atoms with Gasteiger partial charge in [-0.05, 0) is 56.5 Å². The molecule has 22 heavy (non-hydrogen) atoms. The quantitative estimate of drug-likeness (QED) is 0.848. The number of nitrogens with one attached hydrogen (secondary N) is 1. The minimum Gasteiger partial charge on any atom is -0.480 e. The lowest BCUT2D eigenvalue weighted by Gasteiger charge is -2.18. The first-order valence-electron chi connectivity index (χ1n) is 7.29. The summed E-state index contributed by atoms with van der Waals surface area (Å²) in [5.74, 6) is 0.561. The highest BCUT2D eigenvalue weighted by molar-refractivity contribution is 5.95. The first kappa shape index (κ1) is 15.9. The van der Waals surface area contributed by atoms with E-state index in [0.717, 1.165) is 22.4 Å². The molecule has 2 aromatic rings. The van der Waals surface area contributed by atoms with Crippen LogP contribution in [0, 0.1) is 20.8 Å². The van der Waals surface area contributed by atoms with Crippen molar-refractivity contribution in [1.29, 1.82) is 0 Å². The Morgan fingerprint density at radius 3 is 2.32 bits per heavy atom. The van der Waals surface area contributed by atoms with Gasteiger partial charge >= 0.3 is 0 Å². The number of anilines is 2. The molecule has 2 rings (SSSR count). The molecule has 0 spiro atoms. The summed E-state index contributed by atoms with van der Waals surface area (Å²) >= 11 is 0. The van der Waals surface area contributed by atoms with E-state index in [4.69, 9.17) is 10.5 Å². The number of carbonyl (C=O) groups is 1. The van der Waals surface area contributed by atoms with Crippen LogP contribution in [0.25, 0.3) is 0 Å². The monoisotopic (exact) mass is 298 g/mol. The maximum absolute atomic E-state index is 12.3. The number of nitrogens with two attached hydrogens (primary N) is 1. The minimum absolute atomic E-state index is 0.198. The fourth-order valence-electron chi connectivity index (χ4n) is 2.24. The van der Waals surface area contributed by atoms with Gasteiger partial charge < -0.3 is 15.8 Å². The molecule has 0 unspecified atom stereocenters. The molecule has 0 saturated heterocycles. The van der Waals surface area contributed by atoms with Crippen LogP contribution in [-0.2, 0) is 4.79 Å². The van der Waals surface area contributed by atoms with Crippen molar-refractivity contribution in [2.24, 2.45) is 0 Å². The van der Waals surface area contributed by atoms with Crippen molar-refractivity contribution in [2.75, 3.05) is 11.1 Å². The van der Waals surface area contributed by atoms with E-state index >= 15 is 0 Å². The molecular formula is C18H22N2O2. The minimum atomic E-state index is -0.597. The number of nitrogen functional groups attached to an aromatic ring is 1. The van der Waals surface area contributed by atoms with Gasteiger partial charge in [0.15, 0.2) is 6.10 Å². The van der Waals surface area contributed by atoms with E-state index in [1.54, 1.807) is 6.92 Å². The van der Waals surface area contributed by atoms with Crippen molar-refractivity contribution in [3.05, 3.63) is 53.1 Å². The van der Waals surface area contributed by atoms with E-state index in [-0.39, 0.29) is 5.91 Å². The molecule has 1 amide bonds. The Morgan fingerprint density at radius 2 is 1.68 bits per heavy atom. The van der Waals surface area contributed by atoms with E-state index in [1.807, 2.05) is 57.2 Å². The first-order valence-corrected chi connectivity index (χ1v) is 7.29. The third kappa shape index (κ3) is 3.39. The van der Waals surface area contributed by atoms with Crippen molar-refractivity contribution in [1.82, 2.24) is 0 Å². The molecule has 1 atom stereocenters. The summed E-state index contributed by atoms with van der Waals surface area (Å²) in [4.78, 5) is 12.3. The highest BCUT2D eigenvalue weighted by Gasteiger charge is 2.17. The molecule has 116 valence electrons. The van der Waals surface area contributed by atoms with Crippen molar-refractivity contribution >= 4 is 17.3 Å². The maximum Gasteiger partial charge on any atom is 0.265 e. The predicted octanol–water partition coefficient (Wildman–Crippen LogP) is 3.60. The number of aryl methyl sites for hydroxylation is 2. The number of carbonyl (C=O) groups excluding carboxylic acids is 1. The smallest absolute Gasteiger partial charge is 0.265 e. The molecule has 2 aromatic carbocycles. The standard InChI is InChI=1S/C18H22N2O2/c1-11-7-5-8-12(2)17(11)22-14(4)18(21)20-16-10-6-9-15(19)13(16)3/h5-10,14H,19H2,1-4H3,(H,20,21)/t14-/m1/s1. The SMILES string of the molecule is Cc1cccc(C)c1O[C@H](C)C(=O)Nc1cccc(N)c1C. The fourth-order valence-corrected chi connectivity index (χ4v) is 2.24. The van der Waals surface area contributed by atoms with Gasteiger partial charge in [0.1, 0.15) is 5.75 Å². The summed E-state index contributed by atoms with van der Waals surface area (Å²) in [5.41, 5.74) is 10.1. The summed E-state index contributed by atoms with van der Waals surface area (Å²) < 4.78 is 5.84. The molecule has 0 aromatic heterocycles. The molecular weight excluding hydrogens is 276 g/mol. The normalized spacial score (nSPS) is 11.8. The van der Waals surface area contributed by atoms with Gasteiger partial charge in [0, 0.05) is 11.4 Å². The van der Waals surface area contributed by atoms with Gasteiger partial charge in [-0.3, -0.25) is 4.79 Å². The van der Waals surface area contributed by atoms with Crippen LogP contribution in [0.1, 0.15) is 23.6 Å². The van der Waals surface area contributed by atoms with Crippen LogP contribution < -0.4 is 15.8 Å². The molecule has 3 N–H and O–H groups in total. The number of amides is 1. The molecule has 0 saturated carbocycles. The van der Waals surface area contributed by atoms with Gasteiger partial charge in [0.05, 0.1) is 0 Å². The Balaban J connectivity index is 2.11. The third-order valence-electron chi connectivity index (χ3n) is 3.71. The highest BCUT2D eigenvalue weighted by atomic mass is 16.5. The van der Waals surface area contributed by atoms with E-state index in [1.165, 1.54) is 0 Å². The molecule has 0 aliphatic heterocycles. The molecule has 0 heterocycles. The number of hydrogen-bond acceptors (Lipinski definition) is 3. The van der Waals surface area contributed by atoms with Gasteiger partial charge in [0.25, 0.3) is 5.91 Å². The fraction of sp³-hybridized carbons (Fsp3) is 0.278. The van der Waals surface area contributed by atoms with Gasteiger partial charge in [0.2, 0.25) is 0 Å². The topological polar surface area (TPSA) is 64.3 Å². The zero-order chi connectivity index (χ0) is 16.3. The molecule has 0 fully saturated rings. The maximum atomic E-state index is 12.3. The second-order valence-corrected chi connectivity index (χ2v) is 5.49. The Kier molecular flexibility index (Phi) is 4.71. The van der Waals surface area contributed by atoms with Gasteiger partial charge in [-0.15, -0.1) is 0 Å². The summed E-state index contributed by atoms with van der Waals surface area (Å²) in [6, 6.07) is 11.4. The second kappa shape index (κ2) is 6.52. The van der Waals surface area contributed by atoms with Crippen LogP contribution in [0.2, 0.25) is 0 Å². The molecule has 4 heteroatoms. The Bertz CT molecular complexity index is 675. The predicted molar refractivity (Wildman–Crippen MR) is 90.2 cm³/mol. The van der Waals surface area contributed by atoms with Crippen LogP contribution in [0.4, 0.5) is 11.4 Å². The van der Waals surface area contributed by atoms with Crippen molar-refractivity contribution in [2.45, 2.75) is 33.8 Å². The van der Waals surface area contributed by atoms with Crippen LogP contribution in [0.3, 0.4) is 0 Å². The van der Waals surface area contributed by atoms with E-state index in [0.29, 0.717) is 11.4 Å².